The highest BCUT2D eigenvalue weighted by atomic mass is 16.5. The van der Waals surface area contributed by atoms with E-state index in [0.29, 0.717) is 30.9 Å². The van der Waals surface area contributed by atoms with Crippen LogP contribution in [0.5, 0.6) is 11.5 Å². The molecule has 1 N–H and O–H groups in total. The Hall–Kier alpha value is -3.26. The van der Waals surface area contributed by atoms with Gasteiger partial charge < -0.3 is 14.5 Å². The summed E-state index contributed by atoms with van der Waals surface area (Å²) >= 11 is 0. The summed E-state index contributed by atoms with van der Waals surface area (Å²) in [5.41, 5.74) is 3.09. The number of H-pyrrole nitrogens is 1. The van der Waals surface area contributed by atoms with Crippen molar-refractivity contribution < 1.29 is 9.47 Å². The third-order valence-corrected chi connectivity index (χ3v) is 4.90. The summed E-state index contributed by atoms with van der Waals surface area (Å²) in [6.07, 6.45) is 5.36. The molecule has 0 unspecified atom stereocenters. The Morgan fingerprint density at radius 3 is 2.54 bits per heavy atom. The number of nitrogens with zero attached hydrogens (tertiary/aromatic N) is 4. The van der Waals surface area contributed by atoms with Crippen LogP contribution >= 0.6 is 0 Å². The van der Waals surface area contributed by atoms with E-state index in [9.17, 15) is 4.79 Å². The molecule has 0 saturated heterocycles. The van der Waals surface area contributed by atoms with Crippen LogP contribution < -0.4 is 15.0 Å². The van der Waals surface area contributed by atoms with Crippen LogP contribution in [0.3, 0.4) is 0 Å². The van der Waals surface area contributed by atoms with Crippen molar-refractivity contribution in [2.75, 3.05) is 20.8 Å². The minimum absolute atomic E-state index is 0.0987. The van der Waals surface area contributed by atoms with Crippen molar-refractivity contribution in [1.29, 1.82) is 0 Å². The number of methoxy groups -OCH3 is 2. The van der Waals surface area contributed by atoms with Crippen LogP contribution in [0.4, 0.5) is 0 Å². The number of aromatic nitrogens is 4. The normalized spacial score (nSPS) is 13.8. The minimum Gasteiger partial charge on any atom is -0.496 e. The standard InChI is InChI=1S/C20H21N5O3/c1-27-17-4-3-5-18(28-2)15(17)10-25-7-6-14-16(11-25)23-19(24-20(14)26)13-8-21-12-22-9-13/h3-5,8-9,12H,6-7,10-11H2,1-2H3,(H,23,24,26). The Morgan fingerprint density at radius 2 is 1.86 bits per heavy atom. The molecule has 2 aromatic heterocycles. The van der Waals surface area contributed by atoms with Crippen molar-refractivity contribution in [3.63, 3.8) is 0 Å². The average molecular weight is 379 g/mol. The molecular weight excluding hydrogens is 358 g/mol. The third kappa shape index (κ3) is 3.46. The van der Waals surface area contributed by atoms with Gasteiger partial charge >= 0.3 is 0 Å². The summed E-state index contributed by atoms with van der Waals surface area (Å²) in [6, 6.07) is 5.75. The van der Waals surface area contributed by atoms with Crippen molar-refractivity contribution in [3.8, 4) is 22.9 Å². The van der Waals surface area contributed by atoms with Crippen LogP contribution in [0.1, 0.15) is 16.8 Å². The number of aromatic amines is 1. The van der Waals surface area contributed by atoms with Crippen LogP contribution in [0.15, 0.2) is 41.7 Å². The maximum atomic E-state index is 12.5. The molecule has 0 atom stereocenters. The van der Waals surface area contributed by atoms with Gasteiger partial charge in [-0.25, -0.2) is 15.0 Å². The zero-order valence-electron chi connectivity index (χ0n) is 15.8. The van der Waals surface area contributed by atoms with Crippen LogP contribution in [0, 0.1) is 0 Å². The number of benzene rings is 1. The highest BCUT2D eigenvalue weighted by Gasteiger charge is 2.23. The lowest BCUT2D eigenvalue weighted by molar-refractivity contribution is 0.233. The van der Waals surface area contributed by atoms with Gasteiger partial charge in [0.15, 0.2) is 0 Å². The van der Waals surface area contributed by atoms with Gasteiger partial charge in [-0.3, -0.25) is 9.69 Å². The highest BCUT2D eigenvalue weighted by Crippen LogP contribution is 2.30. The topological polar surface area (TPSA) is 93.2 Å². The van der Waals surface area contributed by atoms with Gasteiger partial charge in [0, 0.05) is 37.6 Å². The molecule has 0 spiro atoms. The fourth-order valence-electron chi connectivity index (χ4n) is 3.49. The first-order valence-electron chi connectivity index (χ1n) is 8.99. The largest absolute Gasteiger partial charge is 0.496 e. The van der Waals surface area contributed by atoms with Gasteiger partial charge in [0.2, 0.25) is 0 Å². The molecule has 0 aliphatic carbocycles. The molecule has 0 radical (unpaired) electrons. The van der Waals surface area contributed by atoms with E-state index in [0.717, 1.165) is 34.9 Å². The van der Waals surface area contributed by atoms with E-state index >= 15 is 0 Å². The molecule has 28 heavy (non-hydrogen) atoms. The van der Waals surface area contributed by atoms with Crippen molar-refractivity contribution in [2.24, 2.45) is 0 Å². The summed E-state index contributed by atoms with van der Waals surface area (Å²) in [7, 11) is 3.30. The summed E-state index contributed by atoms with van der Waals surface area (Å²) in [5.74, 6) is 2.05. The predicted molar refractivity (Wildman–Crippen MR) is 103 cm³/mol. The summed E-state index contributed by atoms with van der Waals surface area (Å²) in [6.45, 7) is 1.97. The smallest absolute Gasteiger partial charge is 0.254 e. The molecule has 1 aliphatic rings. The highest BCUT2D eigenvalue weighted by molar-refractivity contribution is 5.52. The molecule has 0 bridgehead atoms. The maximum absolute atomic E-state index is 12.5. The number of rotatable bonds is 5. The van der Waals surface area contributed by atoms with Crippen molar-refractivity contribution in [3.05, 3.63) is 64.1 Å². The van der Waals surface area contributed by atoms with Crippen molar-refractivity contribution in [1.82, 2.24) is 24.8 Å². The average Bonchev–Trinajstić information content (AvgIpc) is 2.74. The zero-order valence-corrected chi connectivity index (χ0v) is 15.8. The van der Waals surface area contributed by atoms with Gasteiger partial charge in [0.1, 0.15) is 23.7 Å². The van der Waals surface area contributed by atoms with Crippen LogP contribution in [-0.2, 0) is 19.5 Å². The van der Waals surface area contributed by atoms with Gasteiger partial charge in [-0.1, -0.05) is 6.07 Å². The Kier molecular flexibility index (Phi) is 5.03. The SMILES string of the molecule is COc1cccc(OC)c1CN1CCc2c(nc(-c3cncnc3)[nH]c2=O)C1. The molecule has 8 heteroatoms. The number of ether oxygens (including phenoxy) is 2. The van der Waals surface area contributed by atoms with Gasteiger partial charge in [0.25, 0.3) is 5.56 Å². The fraction of sp³-hybridized carbons (Fsp3) is 0.300. The second-order valence-electron chi connectivity index (χ2n) is 6.57. The molecule has 4 rings (SSSR count). The van der Waals surface area contributed by atoms with Crippen molar-refractivity contribution >= 4 is 0 Å². The Balaban J connectivity index is 1.64. The molecule has 0 saturated carbocycles. The molecule has 0 amide bonds. The quantitative estimate of drug-likeness (QED) is 0.722. The molecule has 3 heterocycles. The van der Waals surface area contributed by atoms with E-state index in [4.69, 9.17) is 9.47 Å². The fourth-order valence-corrected chi connectivity index (χ4v) is 3.49. The van der Waals surface area contributed by atoms with E-state index in [-0.39, 0.29) is 5.56 Å². The third-order valence-electron chi connectivity index (χ3n) is 4.90. The first-order valence-corrected chi connectivity index (χ1v) is 8.99. The molecule has 1 aromatic carbocycles. The second kappa shape index (κ2) is 7.77. The first-order chi connectivity index (χ1) is 13.7. The molecule has 1 aliphatic heterocycles. The molecule has 0 fully saturated rings. The lowest BCUT2D eigenvalue weighted by atomic mass is 10.0. The second-order valence-corrected chi connectivity index (χ2v) is 6.57. The van der Waals surface area contributed by atoms with Gasteiger partial charge in [0.05, 0.1) is 31.0 Å². The lowest BCUT2D eigenvalue weighted by Gasteiger charge is -2.28. The van der Waals surface area contributed by atoms with E-state index in [1.54, 1.807) is 26.6 Å². The Bertz CT molecular complexity index is 1010. The van der Waals surface area contributed by atoms with E-state index in [2.05, 4.69) is 24.8 Å². The Labute approximate surface area is 162 Å². The monoisotopic (exact) mass is 379 g/mol. The molecule has 144 valence electrons. The van der Waals surface area contributed by atoms with Crippen LogP contribution in [0.2, 0.25) is 0 Å². The number of fused-ring (bicyclic) bond motifs is 1. The first kappa shape index (κ1) is 18.1. The van der Waals surface area contributed by atoms with E-state index < -0.39 is 0 Å². The minimum atomic E-state index is -0.0987. The predicted octanol–water partition coefficient (Wildman–Crippen LogP) is 1.80. The van der Waals surface area contributed by atoms with Gasteiger partial charge in [-0.15, -0.1) is 0 Å². The summed E-state index contributed by atoms with van der Waals surface area (Å²) in [5, 5.41) is 0. The van der Waals surface area contributed by atoms with Gasteiger partial charge in [-0.05, 0) is 18.6 Å². The molecular formula is C20H21N5O3. The maximum Gasteiger partial charge on any atom is 0.254 e. The zero-order chi connectivity index (χ0) is 19.5. The Morgan fingerprint density at radius 1 is 1.14 bits per heavy atom. The number of nitrogens with one attached hydrogen (secondary N) is 1. The summed E-state index contributed by atoms with van der Waals surface area (Å²) < 4.78 is 11.0. The van der Waals surface area contributed by atoms with Crippen LogP contribution in [-0.4, -0.2) is 45.6 Å². The van der Waals surface area contributed by atoms with Crippen molar-refractivity contribution in [2.45, 2.75) is 19.5 Å². The van der Waals surface area contributed by atoms with Crippen LogP contribution in [0.25, 0.3) is 11.4 Å². The van der Waals surface area contributed by atoms with Gasteiger partial charge in [-0.2, -0.15) is 0 Å². The van der Waals surface area contributed by atoms with E-state index in [1.165, 1.54) is 6.33 Å². The van der Waals surface area contributed by atoms with E-state index in [1.807, 2.05) is 18.2 Å². The summed E-state index contributed by atoms with van der Waals surface area (Å²) in [4.78, 5) is 30.3. The number of hydrogen-bond acceptors (Lipinski definition) is 7. The number of hydrogen-bond donors (Lipinski definition) is 1. The molecule has 8 nitrogen and oxygen atoms in total. The molecule has 3 aromatic rings. The lowest BCUT2D eigenvalue weighted by Crippen LogP contribution is -2.35.